The molecule has 0 heterocycles. The van der Waals surface area contributed by atoms with Crippen LogP contribution in [0.15, 0.2) is 42.5 Å². The van der Waals surface area contributed by atoms with E-state index in [9.17, 15) is 4.79 Å². The summed E-state index contributed by atoms with van der Waals surface area (Å²) in [7, 11) is 1.61. The van der Waals surface area contributed by atoms with Crippen LogP contribution in [0.25, 0.3) is 0 Å². The Morgan fingerprint density at radius 2 is 1.91 bits per heavy atom. The van der Waals surface area contributed by atoms with Gasteiger partial charge in [0.1, 0.15) is 11.5 Å². The monoisotopic (exact) mass is 314 g/mol. The highest BCUT2D eigenvalue weighted by atomic mass is 16.5. The van der Waals surface area contributed by atoms with Gasteiger partial charge in [0.05, 0.1) is 13.7 Å². The van der Waals surface area contributed by atoms with Gasteiger partial charge in [0, 0.05) is 23.9 Å². The molecule has 0 radical (unpaired) electrons. The van der Waals surface area contributed by atoms with Gasteiger partial charge in [0.15, 0.2) is 0 Å². The summed E-state index contributed by atoms with van der Waals surface area (Å²) < 4.78 is 10.8. The predicted molar refractivity (Wildman–Crippen MR) is 91.2 cm³/mol. The molecular weight excluding hydrogens is 292 g/mol. The van der Waals surface area contributed by atoms with Gasteiger partial charge in [0.2, 0.25) is 0 Å². The summed E-state index contributed by atoms with van der Waals surface area (Å²) in [6, 6.07) is 12.9. The zero-order chi connectivity index (χ0) is 16.7. The molecule has 0 aliphatic heterocycles. The van der Waals surface area contributed by atoms with E-state index in [2.05, 4.69) is 10.6 Å². The molecule has 5 nitrogen and oxygen atoms in total. The Labute approximate surface area is 136 Å². The molecule has 0 unspecified atom stereocenters. The molecule has 23 heavy (non-hydrogen) atoms. The molecule has 2 N–H and O–H groups in total. The molecule has 0 saturated heterocycles. The molecule has 5 heteroatoms. The second-order valence-electron chi connectivity index (χ2n) is 5.03. The number of benzene rings is 2. The Bertz CT molecular complexity index is 671. The van der Waals surface area contributed by atoms with Gasteiger partial charge in [-0.2, -0.15) is 0 Å². The lowest BCUT2D eigenvalue weighted by atomic mass is 10.2. The number of methoxy groups -OCH3 is 1. The Kier molecular flexibility index (Phi) is 5.86. The predicted octanol–water partition coefficient (Wildman–Crippen LogP) is 3.72. The average Bonchev–Trinajstić information content (AvgIpc) is 2.56. The lowest BCUT2D eigenvalue weighted by Gasteiger charge is -2.12. The third kappa shape index (κ3) is 4.64. The van der Waals surface area contributed by atoms with Crippen molar-refractivity contribution in [2.75, 3.05) is 19.0 Å². The molecule has 0 saturated carbocycles. The Morgan fingerprint density at radius 3 is 2.65 bits per heavy atom. The van der Waals surface area contributed by atoms with E-state index in [1.165, 1.54) is 0 Å². The number of urea groups is 1. The number of carbonyl (C=O) groups excluding carboxylic acids is 1. The SMILES string of the molecule is CCOc1cc(NC(=O)NCc2ccccc2OC)ccc1C. The number of nitrogens with one attached hydrogen (secondary N) is 2. The summed E-state index contributed by atoms with van der Waals surface area (Å²) >= 11 is 0. The lowest BCUT2D eigenvalue weighted by Crippen LogP contribution is -2.28. The minimum atomic E-state index is -0.276. The van der Waals surface area contributed by atoms with Crippen LogP contribution in [0.5, 0.6) is 11.5 Å². The summed E-state index contributed by atoms with van der Waals surface area (Å²) in [4.78, 5) is 12.0. The Hall–Kier alpha value is -2.69. The number of aryl methyl sites for hydroxylation is 1. The van der Waals surface area contributed by atoms with Crippen molar-refractivity contribution in [3.63, 3.8) is 0 Å². The van der Waals surface area contributed by atoms with Crippen LogP contribution in [0.4, 0.5) is 10.5 Å². The first kappa shape index (κ1) is 16.7. The van der Waals surface area contributed by atoms with Crippen molar-refractivity contribution in [3.8, 4) is 11.5 Å². The summed E-state index contributed by atoms with van der Waals surface area (Å²) in [5.41, 5.74) is 2.65. The van der Waals surface area contributed by atoms with Crippen LogP contribution in [0.3, 0.4) is 0 Å². The zero-order valence-corrected chi connectivity index (χ0v) is 13.7. The van der Waals surface area contributed by atoms with Crippen molar-refractivity contribution in [1.29, 1.82) is 0 Å². The molecule has 0 aromatic heterocycles. The molecule has 0 aliphatic rings. The van der Waals surface area contributed by atoms with Gasteiger partial charge in [0.25, 0.3) is 0 Å². The first-order chi connectivity index (χ1) is 11.1. The fourth-order valence-corrected chi connectivity index (χ4v) is 2.19. The minimum absolute atomic E-state index is 0.276. The lowest BCUT2D eigenvalue weighted by molar-refractivity contribution is 0.251. The fourth-order valence-electron chi connectivity index (χ4n) is 2.19. The Balaban J connectivity index is 1.96. The van der Waals surface area contributed by atoms with E-state index in [0.29, 0.717) is 18.8 Å². The maximum absolute atomic E-state index is 12.0. The van der Waals surface area contributed by atoms with Crippen LogP contribution >= 0.6 is 0 Å². The van der Waals surface area contributed by atoms with Crippen LogP contribution in [-0.4, -0.2) is 19.7 Å². The van der Waals surface area contributed by atoms with E-state index < -0.39 is 0 Å². The molecular formula is C18H22N2O3. The van der Waals surface area contributed by atoms with Crippen molar-refractivity contribution in [2.24, 2.45) is 0 Å². The number of amides is 2. The number of carbonyl (C=O) groups is 1. The number of rotatable bonds is 6. The van der Waals surface area contributed by atoms with Gasteiger partial charge >= 0.3 is 6.03 Å². The van der Waals surface area contributed by atoms with Crippen LogP contribution in [0, 0.1) is 6.92 Å². The van der Waals surface area contributed by atoms with Crippen molar-refractivity contribution >= 4 is 11.7 Å². The standard InChI is InChI=1S/C18H22N2O3/c1-4-23-17-11-15(10-9-13(17)2)20-18(21)19-12-14-7-5-6-8-16(14)22-3/h5-11H,4,12H2,1-3H3,(H2,19,20,21). The second kappa shape index (κ2) is 8.08. The largest absolute Gasteiger partial charge is 0.496 e. The number of para-hydroxylation sites is 1. The van der Waals surface area contributed by atoms with E-state index in [0.717, 1.165) is 22.6 Å². The van der Waals surface area contributed by atoms with Gasteiger partial charge in [-0.05, 0) is 31.5 Å². The molecule has 2 aromatic carbocycles. The molecule has 0 aliphatic carbocycles. The highest BCUT2D eigenvalue weighted by Crippen LogP contribution is 2.22. The molecule has 0 bridgehead atoms. The van der Waals surface area contributed by atoms with E-state index in [-0.39, 0.29) is 6.03 Å². The van der Waals surface area contributed by atoms with Gasteiger partial charge in [-0.25, -0.2) is 4.79 Å². The number of hydrogen-bond donors (Lipinski definition) is 2. The highest BCUT2D eigenvalue weighted by molar-refractivity contribution is 5.89. The van der Waals surface area contributed by atoms with Crippen molar-refractivity contribution in [1.82, 2.24) is 5.32 Å². The van der Waals surface area contributed by atoms with Crippen molar-refractivity contribution in [3.05, 3.63) is 53.6 Å². The van der Waals surface area contributed by atoms with Crippen molar-refractivity contribution < 1.29 is 14.3 Å². The highest BCUT2D eigenvalue weighted by Gasteiger charge is 2.07. The molecule has 2 aromatic rings. The second-order valence-corrected chi connectivity index (χ2v) is 5.03. The topological polar surface area (TPSA) is 59.6 Å². The van der Waals surface area contributed by atoms with Crippen LogP contribution in [-0.2, 0) is 6.54 Å². The van der Waals surface area contributed by atoms with Crippen LogP contribution < -0.4 is 20.1 Å². The van der Waals surface area contributed by atoms with E-state index in [4.69, 9.17) is 9.47 Å². The molecule has 2 amide bonds. The maximum atomic E-state index is 12.0. The van der Waals surface area contributed by atoms with Gasteiger partial charge < -0.3 is 20.1 Å². The van der Waals surface area contributed by atoms with Crippen LogP contribution in [0.1, 0.15) is 18.1 Å². The summed E-state index contributed by atoms with van der Waals surface area (Å²) in [5, 5.41) is 5.62. The summed E-state index contributed by atoms with van der Waals surface area (Å²) in [5.74, 6) is 1.52. The third-order valence-corrected chi connectivity index (χ3v) is 3.38. The van der Waals surface area contributed by atoms with E-state index >= 15 is 0 Å². The molecule has 0 atom stereocenters. The number of ether oxygens (including phenoxy) is 2. The van der Waals surface area contributed by atoms with Gasteiger partial charge in [-0.3, -0.25) is 0 Å². The zero-order valence-electron chi connectivity index (χ0n) is 13.7. The van der Waals surface area contributed by atoms with Gasteiger partial charge in [-0.15, -0.1) is 0 Å². The van der Waals surface area contributed by atoms with Gasteiger partial charge in [-0.1, -0.05) is 24.3 Å². The first-order valence-electron chi connectivity index (χ1n) is 7.54. The normalized spacial score (nSPS) is 10.0. The maximum Gasteiger partial charge on any atom is 0.319 e. The average molecular weight is 314 g/mol. The van der Waals surface area contributed by atoms with E-state index in [1.807, 2.05) is 56.3 Å². The third-order valence-electron chi connectivity index (χ3n) is 3.38. The smallest absolute Gasteiger partial charge is 0.319 e. The molecule has 0 fully saturated rings. The molecule has 0 spiro atoms. The first-order valence-corrected chi connectivity index (χ1v) is 7.54. The molecule has 2 rings (SSSR count). The van der Waals surface area contributed by atoms with E-state index in [1.54, 1.807) is 7.11 Å². The molecule has 122 valence electrons. The quantitative estimate of drug-likeness (QED) is 0.854. The number of anilines is 1. The summed E-state index contributed by atoms with van der Waals surface area (Å²) in [6.07, 6.45) is 0. The van der Waals surface area contributed by atoms with Crippen LogP contribution in [0.2, 0.25) is 0 Å². The number of hydrogen-bond acceptors (Lipinski definition) is 3. The summed E-state index contributed by atoms with van der Waals surface area (Å²) in [6.45, 7) is 4.88. The fraction of sp³-hybridized carbons (Fsp3) is 0.278. The van der Waals surface area contributed by atoms with Crippen molar-refractivity contribution in [2.45, 2.75) is 20.4 Å². The Morgan fingerprint density at radius 1 is 1.13 bits per heavy atom. The minimum Gasteiger partial charge on any atom is -0.496 e.